The van der Waals surface area contributed by atoms with Crippen LogP contribution in [0, 0.1) is 0 Å². The van der Waals surface area contributed by atoms with Gasteiger partial charge < -0.3 is 15.0 Å². The van der Waals surface area contributed by atoms with E-state index in [0.717, 1.165) is 50.5 Å². The van der Waals surface area contributed by atoms with Gasteiger partial charge in [0.15, 0.2) is 5.78 Å². The van der Waals surface area contributed by atoms with Gasteiger partial charge in [-0.1, -0.05) is 12.1 Å². The predicted octanol–water partition coefficient (Wildman–Crippen LogP) is 1.39. The molecule has 3 rings (SSSR count). The third-order valence-corrected chi connectivity index (χ3v) is 4.96. The lowest BCUT2D eigenvalue weighted by Crippen LogP contribution is -2.54. The van der Waals surface area contributed by atoms with Crippen LogP contribution in [0.15, 0.2) is 24.3 Å². The standard InChI is InChI=1S/C18H27N3O2/c1-18(2,21-11-13-23-14-12-21)17(22)15-5-3-4-6-16(15)20-9-7-19-8-10-20/h3-6,19H,7-14H2,1-2H3. The number of nitrogens with one attached hydrogen (secondary N) is 1. The van der Waals surface area contributed by atoms with Gasteiger partial charge in [-0.25, -0.2) is 0 Å². The largest absolute Gasteiger partial charge is 0.379 e. The van der Waals surface area contributed by atoms with Crippen LogP contribution in [0.1, 0.15) is 24.2 Å². The van der Waals surface area contributed by atoms with Crippen LogP contribution in [0.25, 0.3) is 0 Å². The van der Waals surface area contributed by atoms with E-state index in [1.165, 1.54) is 0 Å². The molecule has 0 saturated carbocycles. The minimum atomic E-state index is -0.506. The number of hydrogen-bond acceptors (Lipinski definition) is 5. The molecule has 0 bridgehead atoms. The molecule has 2 heterocycles. The molecule has 5 heteroatoms. The van der Waals surface area contributed by atoms with Crippen molar-refractivity contribution in [2.45, 2.75) is 19.4 Å². The molecule has 0 amide bonds. The number of ketones is 1. The molecule has 0 atom stereocenters. The zero-order chi connectivity index (χ0) is 16.3. The van der Waals surface area contributed by atoms with Crippen LogP contribution in [0.4, 0.5) is 5.69 Å². The Bertz CT molecular complexity index is 547. The molecule has 0 aliphatic carbocycles. The zero-order valence-electron chi connectivity index (χ0n) is 14.2. The fourth-order valence-electron chi connectivity index (χ4n) is 3.44. The number of benzene rings is 1. The molecule has 1 aromatic rings. The summed E-state index contributed by atoms with van der Waals surface area (Å²) < 4.78 is 5.43. The van der Waals surface area contributed by atoms with E-state index in [1.807, 2.05) is 32.0 Å². The highest BCUT2D eigenvalue weighted by Crippen LogP contribution is 2.28. The Labute approximate surface area is 138 Å². The molecule has 2 aliphatic rings. The van der Waals surface area contributed by atoms with E-state index in [-0.39, 0.29) is 5.78 Å². The fourth-order valence-corrected chi connectivity index (χ4v) is 3.44. The summed E-state index contributed by atoms with van der Waals surface area (Å²) in [6, 6.07) is 8.04. The number of piperazine rings is 1. The van der Waals surface area contributed by atoms with E-state index in [9.17, 15) is 4.79 Å². The Kier molecular flexibility index (Phi) is 4.99. The number of nitrogens with zero attached hydrogens (tertiary/aromatic N) is 2. The zero-order valence-corrected chi connectivity index (χ0v) is 14.2. The van der Waals surface area contributed by atoms with Crippen molar-refractivity contribution in [1.29, 1.82) is 0 Å². The third-order valence-electron chi connectivity index (χ3n) is 4.96. The summed E-state index contributed by atoms with van der Waals surface area (Å²) in [5.74, 6) is 0.202. The highest BCUT2D eigenvalue weighted by Gasteiger charge is 2.37. The average molecular weight is 317 g/mol. The van der Waals surface area contributed by atoms with Crippen molar-refractivity contribution < 1.29 is 9.53 Å². The molecule has 2 fully saturated rings. The van der Waals surface area contributed by atoms with Crippen LogP contribution < -0.4 is 10.2 Å². The van der Waals surface area contributed by atoms with Crippen LogP contribution in [-0.2, 0) is 4.74 Å². The van der Waals surface area contributed by atoms with Gasteiger partial charge in [-0.2, -0.15) is 0 Å². The van der Waals surface area contributed by atoms with Crippen molar-refractivity contribution >= 4 is 11.5 Å². The monoisotopic (exact) mass is 317 g/mol. The Morgan fingerprint density at radius 1 is 1.09 bits per heavy atom. The van der Waals surface area contributed by atoms with Gasteiger partial charge in [-0.05, 0) is 26.0 Å². The summed E-state index contributed by atoms with van der Waals surface area (Å²) in [6.45, 7) is 10.9. The normalized spacial score (nSPS) is 20.5. The summed E-state index contributed by atoms with van der Waals surface area (Å²) in [5, 5.41) is 3.37. The highest BCUT2D eigenvalue weighted by atomic mass is 16.5. The molecule has 1 N–H and O–H groups in total. The number of para-hydroxylation sites is 1. The second-order valence-electron chi connectivity index (χ2n) is 6.74. The molecule has 5 nitrogen and oxygen atoms in total. The maximum atomic E-state index is 13.3. The lowest BCUT2D eigenvalue weighted by molar-refractivity contribution is -0.00427. The van der Waals surface area contributed by atoms with Gasteiger partial charge in [-0.15, -0.1) is 0 Å². The van der Waals surface area contributed by atoms with Gasteiger partial charge in [0.05, 0.1) is 18.8 Å². The van der Waals surface area contributed by atoms with Gasteiger partial charge in [0.2, 0.25) is 0 Å². The van der Waals surface area contributed by atoms with Crippen LogP contribution in [0.3, 0.4) is 0 Å². The number of anilines is 1. The topological polar surface area (TPSA) is 44.8 Å². The Morgan fingerprint density at radius 2 is 1.74 bits per heavy atom. The highest BCUT2D eigenvalue weighted by molar-refractivity contribution is 6.07. The number of rotatable bonds is 4. The van der Waals surface area contributed by atoms with E-state index in [2.05, 4.69) is 21.2 Å². The second kappa shape index (κ2) is 6.99. The van der Waals surface area contributed by atoms with Crippen molar-refractivity contribution in [2.24, 2.45) is 0 Å². The van der Waals surface area contributed by atoms with E-state index in [1.54, 1.807) is 0 Å². The van der Waals surface area contributed by atoms with Crippen molar-refractivity contribution in [3.8, 4) is 0 Å². The Morgan fingerprint density at radius 3 is 2.43 bits per heavy atom. The van der Waals surface area contributed by atoms with Crippen LogP contribution in [0.5, 0.6) is 0 Å². The number of morpholine rings is 1. The van der Waals surface area contributed by atoms with Crippen molar-refractivity contribution in [2.75, 3.05) is 57.4 Å². The van der Waals surface area contributed by atoms with Crippen LogP contribution in [0.2, 0.25) is 0 Å². The summed E-state index contributed by atoms with van der Waals surface area (Å²) in [5.41, 5.74) is 1.40. The number of carbonyl (C=O) groups is 1. The first-order chi connectivity index (χ1) is 11.1. The fraction of sp³-hybridized carbons (Fsp3) is 0.611. The number of hydrogen-bond donors (Lipinski definition) is 1. The van der Waals surface area contributed by atoms with Crippen LogP contribution >= 0.6 is 0 Å². The number of Topliss-reactive ketones (excluding diaryl/α,β-unsaturated/α-hetero) is 1. The minimum Gasteiger partial charge on any atom is -0.379 e. The van der Waals surface area contributed by atoms with Gasteiger partial charge >= 0.3 is 0 Å². The SMILES string of the molecule is CC(C)(C(=O)c1ccccc1N1CCNCC1)N1CCOCC1. The molecule has 126 valence electrons. The number of carbonyl (C=O) groups excluding carboxylic acids is 1. The molecule has 0 unspecified atom stereocenters. The van der Waals surface area contributed by atoms with Gasteiger partial charge in [-0.3, -0.25) is 9.69 Å². The maximum Gasteiger partial charge on any atom is 0.184 e. The molecule has 0 radical (unpaired) electrons. The van der Waals surface area contributed by atoms with Gasteiger partial charge in [0.1, 0.15) is 0 Å². The van der Waals surface area contributed by atoms with E-state index in [4.69, 9.17) is 4.74 Å². The van der Waals surface area contributed by atoms with Crippen molar-refractivity contribution in [3.05, 3.63) is 29.8 Å². The van der Waals surface area contributed by atoms with Gasteiger partial charge in [0.25, 0.3) is 0 Å². The first-order valence-electron chi connectivity index (χ1n) is 8.53. The van der Waals surface area contributed by atoms with E-state index < -0.39 is 5.54 Å². The molecular weight excluding hydrogens is 290 g/mol. The first-order valence-corrected chi connectivity index (χ1v) is 8.53. The average Bonchev–Trinajstić information content (AvgIpc) is 2.62. The molecule has 0 spiro atoms. The molecule has 23 heavy (non-hydrogen) atoms. The predicted molar refractivity (Wildman–Crippen MR) is 92.3 cm³/mol. The van der Waals surface area contributed by atoms with Crippen molar-refractivity contribution in [1.82, 2.24) is 10.2 Å². The van der Waals surface area contributed by atoms with E-state index in [0.29, 0.717) is 13.2 Å². The lowest BCUT2D eigenvalue weighted by atomic mass is 9.89. The van der Waals surface area contributed by atoms with Gasteiger partial charge in [0, 0.05) is 50.5 Å². The van der Waals surface area contributed by atoms with Crippen molar-refractivity contribution in [3.63, 3.8) is 0 Å². The summed E-state index contributed by atoms with van der Waals surface area (Å²) in [7, 11) is 0. The first kappa shape index (κ1) is 16.4. The molecular formula is C18H27N3O2. The summed E-state index contributed by atoms with van der Waals surface area (Å²) in [6.07, 6.45) is 0. The second-order valence-corrected chi connectivity index (χ2v) is 6.74. The number of ether oxygens (including phenoxy) is 1. The minimum absolute atomic E-state index is 0.202. The Hall–Kier alpha value is -1.43. The molecule has 1 aromatic carbocycles. The third kappa shape index (κ3) is 3.42. The van der Waals surface area contributed by atoms with Crippen LogP contribution in [-0.4, -0.2) is 68.7 Å². The molecule has 0 aromatic heterocycles. The maximum absolute atomic E-state index is 13.3. The summed E-state index contributed by atoms with van der Waals surface area (Å²) >= 11 is 0. The molecule has 2 saturated heterocycles. The smallest absolute Gasteiger partial charge is 0.184 e. The summed E-state index contributed by atoms with van der Waals surface area (Å²) in [4.78, 5) is 17.9. The quantitative estimate of drug-likeness (QED) is 0.850. The lowest BCUT2D eigenvalue weighted by Gasteiger charge is -2.40. The molecule has 2 aliphatic heterocycles. The Balaban J connectivity index is 1.86. The van der Waals surface area contributed by atoms with E-state index >= 15 is 0 Å².